The summed E-state index contributed by atoms with van der Waals surface area (Å²) in [6.45, 7) is 7.76. The average Bonchev–Trinajstić information content (AvgIpc) is 2.71. The highest BCUT2D eigenvalue weighted by Crippen LogP contribution is 2.19. The van der Waals surface area contributed by atoms with Crippen LogP contribution in [0, 0.1) is 6.92 Å². The zero-order valence-electron chi connectivity index (χ0n) is 11.2. The zero-order valence-corrected chi connectivity index (χ0v) is 12.0. The van der Waals surface area contributed by atoms with Crippen LogP contribution < -0.4 is 0 Å². The molecule has 0 spiro atoms. The van der Waals surface area contributed by atoms with Crippen LogP contribution in [-0.4, -0.2) is 36.0 Å². The lowest BCUT2D eigenvalue weighted by molar-refractivity contribution is -0.144. The molecule has 0 bridgehead atoms. The van der Waals surface area contributed by atoms with Gasteiger partial charge in [0.15, 0.2) is 0 Å². The second-order valence-corrected chi connectivity index (χ2v) is 5.18. The van der Waals surface area contributed by atoms with Gasteiger partial charge in [-0.15, -0.1) is 11.3 Å². The van der Waals surface area contributed by atoms with Crippen LogP contribution >= 0.6 is 11.3 Å². The summed E-state index contributed by atoms with van der Waals surface area (Å²) in [5.74, 6) is -0.473. The lowest BCUT2D eigenvalue weighted by Crippen LogP contribution is -2.41. The van der Waals surface area contributed by atoms with Crippen LogP contribution in [0.25, 0.3) is 0 Å². The van der Waals surface area contributed by atoms with Gasteiger partial charge in [-0.1, -0.05) is 0 Å². The number of amides is 1. The average molecular weight is 269 g/mol. The number of rotatable bonds is 5. The van der Waals surface area contributed by atoms with Crippen molar-refractivity contribution in [3.63, 3.8) is 0 Å². The summed E-state index contributed by atoms with van der Waals surface area (Å²) in [4.78, 5) is 26.1. The smallest absolute Gasteiger partial charge is 0.325 e. The monoisotopic (exact) mass is 269 g/mol. The summed E-state index contributed by atoms with van der Waals surface area (Å²) in [5.41, 5.74) is 0.944. The van der Waals surface area contributed by atoms with E-state index in [1.165, 1.54) is 16.2 Å². The van der Waals surface area contributed by atoms with E-state index in [0.717, 1.165) is 5.56 Å². The third-order valence-corrected chi connectivity index (χ3v) is 3.55. The number of aryl methyl sites for hydroxylation is 1. The van der Waals surface area contributed by atoms with Gasteiger partial charge < -0.3 is 9.64 Å². The Morgan fingerprint density at radius 3 is 2.56 bits per heavy atom. The van der Waals surface area contributed by atoms with Crippen LogP contribution in [0.5, 0.6) is 0 Å². The third-order valence-electron chi connectivity index (χ3n) is 2.55. The van der Waals surface area contributed by atoms with Crippen molar-refractivity contribution >= 4 is 23.2 Å². The minimum absolute atomic E-state index is 0.00167. The van der Waals surface area contributed by atoms with E-state index >= 15 is 0 Å². The lowest BCUT2D eigenvalue weighted by Gasteiger charge is -2.25. The maximum absolute atomic E-state index is 12.3. The molecule has 1 rings (SSSR count). The molecular weight excluding hydrogens is 250 g/mol. The summed E-state index contributed by atoms with van der Waals surface area (Å²) in [7, 11) is 0. The van der Waals surface area contributed by atoms with E-state index in [2.05, 4.69) is 0 Å². The first kappa shape index (κ1) is 14.7. The van der Waals surface area contributed by atoms with Crippen molar-refractivity contribution in [1.29, 1.82) is 0 Å². The molecule has 0 aliphatic rings. The first-order valence-corrected chi connectivity index (χ1v) is 6.86. The molecule has 0 aromatic carbocycles. The fourth-order valence-corrected chi connectivity index (χ4v) is 2.44. The predicted octanol–water partition coefficient (Wildman–Crippen LogP) is 2.47. The number of hydrogen-bond acceptors (Lipinski definition) is 4. The third kappa shape index (κ3) is 3.57. The topological polar surface area (TPSA) is 46.6 Å². The number of ether oxygens (including phenoxy) is 1. The van der Waals surface area contributed by atoms with Crippen LogP contribution in [0.2, 0.25) is 0 Å². The highest BCUT2D eigenvalue weighted by atomic mass is 32.1. The molecule has 0 saturated heterocycles. The molecule has 4 nitrogen and oxygen atoms in total. The molecule has 1 aromatic rings. The number of carbonyl (C=O) groups excluding carboxylic acids is 2. The van der Waals surface area contributed by atoms with Gasteiger partial charge in [-0.2, -0.15) is 0 Å². The van der Waals surface area contributed by atoms with Crippen molar-refractivity contribution in [3.8, 4) is 0 Å². The van der Waals surface area contributed by atoms with Crippen LogP contribution in [0.4, 0.5) is 0 Å². The highest BCUT2D eigenvalue weighted by Gasteiger charge is 2.24. The molecule has 100 valence electrons. The van der Waals surface area contributed by atoms with E-state index < -0.39 is 0 Å². The van der Waals surface area contributed by atoms with E-state index in [0.29, 0.717) is 11.5 Å². The molecule has 18 heavy (non-hydrogen) atoms. The van der Waals surface area contributed by atoms with E-state index in [1.54, 1.807) is 6.92 Å². The molecule has 1 amide bonds. The van der Waals surface area contributed by atoms with Crippen molar-refractivity contribution < 1.29 is 14.3 Å². The summed E-state index contributed by atoms with van der Waals surface area (Å²) in [5, 5.41) is 1.88. The Balaban J connectivity index is 2.83. The fraction of sp³-hybridized carbons (Fsp3) is 0.538. The highest BCUT2D eigenvalue weighted by molar-refractivity contribution is 7.12. The van der Waals surface area contributed by atoms with Crippen LogP contribution in [-0.2, 0) is 9.53 Å². The Morgan fingerprint density at radius 1 is 1.44 bits per heavy atom. The molecule has 0 fully saturated rings. The predicted molar refractivity (Wildman–Crippen MR) is 71.9 cm³/mol. The molecule has 0 aliphatic carbocycles. The Bertz CT molecular complexity index is 426. The standard InChI is InChI=1S/C13H19NO3S/c1-5-17-11(15)8-14(9(2)3)13(16)12-10(4)6-7-18-12/h6-7,9H,5,8H2,1-4H3. The molecule has 0 radical (unpaired) electrons. The van der Waals surface area contributed by atoms with Crippen molar-refractivity contribution in [3.05, 3.63) is 21.9 Å². The van der Waals surface area contributed by atoms with Gasteiger partial charge in [0.05, 0.1) is 11.5 Å². The van der Waals surface area contributed by atoms with Crippen LogP contribution in [0.1, 0.15) is 36.0 Å². The van der Waals surface area contributed by atoms with E-state index in [-0.39, 0.29) is 24.5 Å². The van der Waals surface area contributed by atoms with E-state index in [9.17, 15) is 9.59 Å². The Labute approximate surface area is 112 Å². The van der Waals surface area contributed by atoms with Gasteiger partial charge in [-0.3, -0.25) is 9.59 Å². The quantitative estimate of drug-likeness (QED) is 0.771. The number of nitrogens with zero attached hydrogens (tertiary/aromatic N) is 1. The molecule has 1 aromatic heterocycles. The first-order chi connectivity index (χ1) is 8.47. The molecule has 0 atom stereocenters. The maximum atomic E-state index is 12.3. The van der Waals surface area contributed by atoms with E-state index in [4.69, 9.17) is 4.74 Å². The molecular formula is C13H19NO3S. The van der Waals surface area contributed by atoms with Gasteiger partial charge in [-0.25, -0.2) is 0 Å². The molecule has 1 heterocycles. The summed E-state index contributed by atoms with van der Waals surface area (Å²) in [6, 6.07) is 1.87. The lowest BCUT2D eigenvalue weighted by atomic mass is 10.2. The van der Waals surface area contributed by atoms with Gasteiger partial charge in [0.1, 0.15) is 6.54 Å². The van der Waals surface area contributed by atoms with Crippen molar-refractivity contribution in [1.82, 2.24) is 4.90 Å². The molecule has 0 aliphatic heterocycles. The number of carbonyl (C=O) groups is 2. The fourth-order valence-electron chi connectivity index (χ4n) is 1.56. The Kier molecular flexibility index (Phi) is 5.34. The van der Waals surface area contributed by atoms with Gasteiger partial charge >= 0.3 is 5.97 Å². The minimum atomic E-state index is -0.367. The largest absolute Gasteiger partial charge is 0.465 e. The Hall–Kier alpha value is -1.36. The van der Waals surface area contributed by atoms with E-state index in [1.807, 2.05) is 32.2 Å². The summed E-state index contributed by atoms with van der Waals surface area (Å²) in [6.07, 6.45) is 0. The van der Waals surface area contributed by atoms with Crippen LogP contribution in [0.3, 0.4) is 0 Å². The second kappa shape index (κ2) is 6.54. The number of thiophene rings is 1. The summed E-state index contributed by atoms with van der Waals surface area (Å²) >= 11 is 1.40. The van der Waals surface area contributed by atoms with Gasteiger partial charge in [-0.05, 0) is 44.7 Å². The molecule has 0 unspecified atom stereocenters. The van der Waals surface area contributed by atoms with Gasteiger partial charge in [0.25, 0.3) is 5.91 Å². The second-order valence-electron chi connectivity index (χ2n) is 4.26. The van der Waals surface area contributed by atoms with Gasteiger partial charge in [0, 0.05) is 6.04 Å². The minimum Gasteiger partial charge on any atom is -0.465 e. The molecule has 0 N–H and O–H groups in total. The zero-order chi connectivity index (χ0) is 13.7. The number of hydrogen-bond donors (Lipinski definition) is 0. The van der Waals surface area contributed by atoms with Crippen molar-refractivity contribution in [2.45, 2.75) is 33.7 Å². The summed E-state index contributed by atoms with van der Waals surface area (Å²) < 4.78 is 4.89. The molecule has 5 heteroatoms. The Morgan fingerprint density at radius 2 is 2.11 bits per heavy atom. The van der Waals surface area contributed by atoms with Crippen molar-refractivity contribution in [2.24, 2.45) is 0 Å². The van der Waals surface area contributed by atoms with Crippen LogP contribution in [0.15, 0.2) is 11.4 Å². The SMILES string of the molecule is CCOC(=O)CN(C(=O)c1sccc1C)C(C)C. The molecule has 0 saturated carbocycles. The number of esters is 1. The normalized spacial score (nSPS) is 10.5. The maximum Gasteiger partial charge on any atom is 0.325 e. The first-order valence-electron chi connectivity index (χ1n) is 5.98. The van der Waals surface area contributed by atoms with Gasteiger partial charge in [0.2, 0.25) is 0 Å². The van der Waals surface area contributed by atoms with Crippen molar-refractivity contribution in [2.75, 3.05) is 13.2 Å².